The van der Waals surface area contributed by atoms with E-state index in [4.69, 9.17) is 9.47 Å². The van der Waals surface area contributed by atoms with Crippen LogP contribution < -0.4 is 19.9 Å². The number of ether oxygens (including phenoxy) is 2. The van der Waals surface area contributed by atoms with Gasteiger partial charge in [-0.05, 0) is 48.0 Å². The quantitative estimate of drug-likeness (QED) is 0.371. The van der Waals surface area contributed by atoms with Crippen molar-refractivity contribution in [1.29, 1.82) is 0 Å². The molecule has 1 aromatic heterocycles. The second kappa shape index (κ2) is 10.0. The first-order valence-electron chi connectivity index (χ1n) is 11.0. The highest BCUT2D eigenvalue weighted by atomic mass is 32.2. The summed E-state index contributed by atoms with van der Waals surface area (Å²) in [5.74, 6) is 1.15. The average molecular weight is 500 g/mol. The van der Waals surface area contributed by atoms with Crippen molar-refractivity contribution in [3.05, 3.63) is 94.4 Å². The average Bonchev–Trinajstić information content (AvgIpc) is 3.23. The maximum Gasteiger partial charge on any atom is 0.283 e. The minimum Gasteiger partial charge on any atom is -0.497 e. The zero-order valence-corrected chi connectivity index (χ0v) is 20.3. The lowest BCUT2D eigenvalue weighted by Gasteiger charge is -2.18. The van der Waals surface area contributed by atoms with Crippen LogP contribution in [0, 0.1) is 0 Å². The summed E-state index contributed by atoms with van der Waals surface area (Å²) < 4.78 is 11.8. The van der Waals surface area contributed by atoms with E-state index in [0.717, 1.165) is 11.3 Å². The number of carbonyl (C=O) groups is 1. The SMILES string of the molecule is COc1ccc(/C=C2\N=C(SCn3nnc4ccccc4c3=O)N(c3cccc(OC)c3)C2=O)cc1. The van der Waals surface area contributed by atoms with Gasteiger partial charge in [0.05, 0.1) is 31.2 Å². The summed E-state index contributed by atoms with van der Waals surface area (Å²) in [6.45, 7) is 0. The van der Waals surface area contributed by atoms with Crippen molar-refractivity contribution in [2.75, 3.05) is 19.1 Å². The van der Waals surface area contributed by atoms with Gasteiger partial charge in [-0.15, -0.1) is 5.10 Å². The maximum atomic E-state index is 13.5. The molecule has 0 atom stereocenters. The van der Waals surface area contributed by atoms with Gasteiger partial charge >= 0.3 is 0 Å². The summed E-state index contributed by atoms with van der Waals surface area (Å²) in [5.41, 5.74) is 1.93. The normalized spacial score (nSPS) is 14.4. The van der Waals surface area contributed by atoms with Crippen LogP contribution in [-0.2, 0) is 10.7 Å². The number of hydrogen-bond donors (Lipinski definition) is 0. The first-order valence-corrected chi connectivity index (χ1v) is 11.9. The highest BCUT2D eigenvalue weighted by Crippen LogP contribution is 2.31. The van der Waals surface area contributed by atoms with Crippen LogP contribution in [-0.4, -0.2) is 40.3 Å². The topological polar surface area (TPSA) is 98.9 Å². The smallest absolute Gasteiger partial charge is 0.283 e. The number of amides is 1. The molecule has 2 heterocycles. The molecule has 0 bridgehead atoms. The number of methoxy groups -OCH3 is 2. The van der Waals surface area contributed by atoms with Gasteiger partial charge in [0.15, 0.2) is 5.17 Å². The van der Waals surface area contributed by atoms with Crippen molar-refractivity contribution >= 4 is 45.5 Å². The van der Waals surface area contributed by atoms with Crippen LogP contribution >= 0.6 is 11.8 Å². The fraction of sp³-hybridized carbons (Fsp3) is 0.115. The third-order valence-corrected chi connectivity index (χ3v) is 6.41. The molecule has 0 spiro atoms. The second-order valence-corrected chi connectivity index (χ2v) is 8.64. The van der Waals surface area contributed by atoms with E-state index in [1.54, 1.807) is 68.8 Å². The number of benzene rings is 3. The van der Waals surface area contributed by atoms with Gasteiger partial charge in [-0.25, -0.2) is 4.99 Å². The third-order valence-electron chi connectivity index (χ3n) is 5.51. The number of rotatable bonds is 6. The van der Waals surface area contributed by atoms with Gasteiger partial charge in [0.1, 0.15) is 22.7 Å². The molecule has 0 aliphatic carbocycles. The van der Waals surface area contributed by atoms with E-state index >= 15 is 0 Å². The van der Waals surface area contributed by atoms with Gasteiger partial charge in [0, 0.05) is 6.07 Å². The van der Waals surface area contributed by atoms with Crippen molar-refractivity contribution in [2.24, 2.45) is 4.99 Å². The molecule has 1 amide bonds. The molecule has 1 aliphatic heterocycles. The Morgan fingerprint density at radius 3 is 2.47 bits per heavy atom. The zero-order valence-electron chi connectivity index (χ0n) is 19.5. The maximum absolute atomic E-state index is 13.5. The largest absolute Gasteiger partial charge is 0.497 e. The number of aromatic nitrogens is 3. The van der Waals surface area contributed by atoms with E-state index in [-0.39, 0.29) is 23.0 Å². The van der Waals surface area contributed by atoms with E-state index in [2.05, 4.69) is 15.3 Å². The first kappa shape index (κ1) is 23.3. The molecule has 3 aromatic carbocycles. The Morgan fingerprint density at radius 2 is 1.69 bits per heavy atom. The van der Waals surface area contributed by atoms with Crippen molar-refractivity contribution in [3.8, 4) is 11.5 Å². The fourth-order valence-corrected chi connectivity index (χ4v) is 4.54. The molecule has 0 unspecified atom stereocenters. The predicted molar refractivity (Wildman–Crippen MR) is 140 cm³/mol. The Bertz CT molecular complexity index is 1560. The lowest BCUT2D eigenvalue weighted by Crippen LogP contribution is -2.31. The molecular formula is C26H21N5O4S. The Kier molecular flexibility index (Phi) is 6.50. The molecular weight excluding hydrogens is 478 g/mol. The Labute approximate surface area is 210 Å². The van der Waals surface area contributed by atoms with Crippen LogP contribution in [0.1, 0.15) is 5.56 Å². The van der Waals surface area contributed by atoms with E-state index in [0.29, 0.717) is 27.5 Å². The van der Waals surface area contributed by atoms with Crippen LogP contribution in [0.3, 0.4) is 0 Å². The number of anilines is 1. The minimum absolute atomic E-state index is 0.124. The molecule has 4 aromatic rings. The molecule has 0 saturated carbocycles. The summed E-state index contributed by atoms with van der Waals surface area (Å²) in [7, 11) is 3.16. The number of thioether (sulfide) groups is 1. The Hall–Kier alpha value is -4.44. The van der Waals surface area contributed by atoms with Crippen molar-refractivity contribution in [2.45, 2.75) is 5.88 Å². The van der Waals surface area contributed by atoms with Crippen LogP contribution in [0.25, 0.3) is 17.0 Å². The van der Waals surface area contributed by atoms with Gasteiger partial charge in [0.2, 0.25) is 0 Å². The molecule has 5 rings (SSSR count). The van der Waals surface area contributed by atoms with Crippen LogP contribution in [0.2, 0.25) is 0 Å². The zero-order chi connectivity index (χ0) is 25.1. The molecule has 10 heteroatoms. The monoisotopic (exact) mass is 499 g/mol. The third kappa shape index (κ3) is 4.58. The molecule has 0 radical (unpaired) electrons. The molecule has 180 valence electrons. The number of carbonyl (C=O) groups excluding carboxylic acids is 1. The number of fused-ring (bicyclic) bond motifs is 1. The number of hydrogen-bond acceptors (Lipinski definition) is 8. The van der Waals surface area contributed by atoms with Crippen LogP contribution in [0.4, 0.5) is 5.69 Å². The Morgan fingerprint density at radius 1 is 0.917 bits per heavy atom. The van der Waals surface area contributed by atoms with Crippen molar-refractivity contribution in [3.63, 3.8) is 0 Å². The Balaban J connectivity index is 1.49. The lowest BCUT2D eigenvalue weighted by atomic mass is 10.2. The standard InChI is InChI=1S/C26H21N5O4S/c1-34-19-12-10-17(11-13-19)14-23-25(33)31(18-6-5-7-20(15-18)35-2)26(27-23)36-16-30-24(32)21-8-3-4-9-22(21)28-29-30/h3-15H,16H2,1-2H3/b23-14-. The summed E-state index contributed by atoms with van der Waals surface area (Å²) in [5, 5.41) is 9.06. The van der Waals surface area contributed by atoms with Gasteiger partial charge in [-0.3, -0.25) is 14.5 Å². The summed E-state index contributed by atoms with van der Waals surface area (Å²) in [4.78, 5) is 32.5. The number of nitrogens with zero attached hydrogens (tertiary/aromatic N) is 5. The minimum atomic E-state index is -0.293. The van der Waals surface area contributed by atoms with Gasteiger partial charge in [-0.2, -0.15) is 4.68 Å². The summed E-state index contributed by atoms with van der Waals surface area (Å²) in [6.07, 6.45) is 1.71. The van der Waals surface area contributed by atoms with Gasteiger partial charge < -0.3 is 9.47 Å². The van der Waals surface area contributed by atoms with E-state index in [1.807, 2.05) is 24.3 Å². The summed E-state index contributed by atoms with van der Waals surface area (Å²) >= 11 is 1.21. The molecule has 0 saturated heterocycles. The van der Waals surface area contributed by atoms with Crippen molar-refractivity contribution < 1.29 is 14.3 Å². The van der Waals surface area contributed by atoms with Crippen LogP contribution in [0.15, 0.2) is 88.3 Å². The van der Waals surface area contributed by atoms with E-state index in [9.17, 15) is 9.59 Å². The highest BCUT2D eigenvalue weighted by molar-refractivity contribution is 8.13. The first-order chi connectivity index (χ1) is 17.6. The number of amidine groups is 1. The molecule has 1 aliphatic rings. The van der Waals surface area contributed by atoms with E-state index < -0.39 is 0 Å². The molecule has 36 heavy (non-hydrogen) atoms. The molecule has 0 fully saturated rings. The number of aliphatic imine (C=N–C) groups is 1. The molecule has 0 N–H and O–H groups in total. The summed E-state index contributed by atoms with van der Waals surface area (Å²) in [6, 6.07) is 21.5. The van der Waals surface area contributed by atoms with Gasteiger partial charge in [0.25, 0.3) is 11.5 Å². The fourth-order valence-electron chi connectivity index (χ4n) is 3.66. The highest BCUT2D eigenvalue weighted by Gasteiger charge is 2.32. The van der Waals surface area contributed by atoms with Crippen molar-refractivity contribution in [1.82, 2.24) is 15.0 Å². The van der Waals surface area contributed by atoms with Crippen LogP contribution in [0.5, 0.6) is 11.5 Å². The molecule has 9 nitrogen and oxygen atoms in total. The van der Waals surface area contributed by atoms with Gasteiger partial charge in [-0.1, -0.05) is 47.3 Å². The van der Waals surface area contributed by atoms with E-state index in [1.165, 1.54) is 21.3 Å². The lowest BCUT2D eigenvalue weighted by molar-refractivity contribution is -0.113. The predicted octanol–water partition coefficient (Wildman–Crippen LogP) is 3.94. The second-order valence-electron chi connectivity index (χ2n) is 7.72.